The molecule has 4 rings (SSSR count). The van der Waals surface area contributed by atoms with Crippen molar-refractivity contribution in [3.63, 3.8) is 0 Å². The first-order valence-electron chi connectivity index (χ1n) is 13.4. The topological polar surface area (TPSA) is 35.5 Å². The monoisotopic (exact) mass is 504 g/mol. The van der Waals surface area contributed by atoms with E-state index >= 15 is 0 Å². The largest absolute Gasteiger partial charge is 0.494 e. The molecule has 0 fully saturated rings. The van der Waals surface area contributed by atoms with Crippen LogP contribution in [0.5, 0.6) is 5.75 Å². The van der Waals surface area contributed by atoms with Gasteiger partial charge in [0.2, 0.25) is 0 Å². The number of carbonyl (C=O) groups is 1. The fraction of sp³-hybridized carbons (Fsp3) is 0.229. The Morgan fingerprint density at radius 3 is 1.87 bits per heavy atom. The average Bonchev–Trinajstić information content (AvgIpc) is 2.97. The Morgan fingerprint density at radius 2 is 1.24 bits per heavy atom. The van der Waals surface area contributed by atoms with Crippen LogP contribution in [0.1, 0.15) is 52.7 Å². The molecule has 0 saturated carbocycles. The Hall–Kier alpha value is -3.95. The number of rotatable bonds is 14. The van der Waals surface area contributed by atoms with Gasteiger partial charge in [-0.3, -0.25) is 4.79 Å². The molecule has 0 spiro atoms. The minimum absolute atomic E-state index is 0.0151. The maximum absolute atomic E-state index is 12.3. The second-order valence-electron chi connectivity index (χ2n) is 9.46. The first-order valence-corrected chi connectivity index (χ1v) is 13.4. The zero-order valence-electron chi connectivity index (χ0n) is 22.1. The maximum Gasteiger partial charge on any atom is 0.185 e. The van der Waals surface area contributed by atoms with Gasteiger partial charge in [0.15, 0.2) is 5.78 Å². The second-order valence-corrected chi connectivity index (χ2v) is 9.46. The summed E-state index contributed by atoms with van der Waals surface area (Å²) in [5.74, 6) is 0.936. The van der Waals surface area contributed by atoms with Gasteiger partial charge >= 0.3 is 0 Å². The second kappa shape index (κ2) is 14.7. The van der Waals surface area contributed by atoms with E-state index in [1.807, 2.05) is 36.4 Å². The number of allylic oxidation sites excluding steroid dienone is 1. The molecule has 4 aromatic carbocycles. The van der Waals surface area contributed by atoms with E-state index in [-0.39, 0.29) is 5.78 Å². The van der Waals surface area contributed by atoms with Crippen molar-refractivity contribution in [3.8, 4) is 16.9 Å². The number of hydrogen-bond donors (Lipinski definition) is 0. The maximum atomic E-state index is 12.3. The highest BCUT2D eigenvalue weighted by Crippen LogP contribution is 2.24. The van der Waals surface area contributed by atoms with Crippen LogP contribution in [0.4, 0.5) is 0 Å². The predicted octanol–water partition coefficient (Wildman–Crippen LogP) is 8.43. The number of ether oxygens (including phenoxy) is 2. The Kier molecular flexibility index (Phi) is 10.5. The zero-order valence-corrected chi connectivity index (χ0v) is 22.1. The summed E-state index contributed by atoms with van der Waals surface area (Å²) in [5.41, 5.74) is 6.61. The highest BCUT2D eigenvalue weighted by atomic mass is 16.5. The lowest BCUT2D eigenvalue weighted by Crippen LogP contribution is -1.97. The lowest BCUT2D eigenvalue weighted by molar-refractivity contribution is 0.104. The van der Waals surface area contributed by atoms with E-state index in [1.165, 1.54) is 35.1 Å². The number of hydrogen-bond acceptors (Lipinski definition) is 3. The van der Waals surface area contributed by atoms with Gasteiger partial charge in [0, 0.05) is 19.3 Å². The number of unbranched alkanes of at least 4 members (excludes halogenated alkanes) is 3. The summed E-state index contributed by atoms with van der Waals surface area (Å²) in [4.78, 5) is 12.3. The fourth-order valence-electron chi connectivity index (χ4n) is 4.30. The van der Waals surface area contributed by atoms with Crippen molar-refractivity contribution in [3.05, 3.63) is 131 Å². The molecule has 3 heteroatoms. The molecule has 4 aromatic rings. The summed E-state index contributed by atoms with van der Waals surface area (Å²) in [6.45, 7) is 1.60. The van der Waals surface area contributed by atoms with Gasteiger partial charge in [0.25, 0.3) is 0 Å². The molecule has 0 radical (unpaired) electrons. The summed E-state index contributed by atoms with van der Waals surface area (Å²) in [6.07, 6.45) is 8.91. The molecule has 0 N–H and O–H groups in total. The third-order valence-electron chi connectivity index (χ3n) is 6.53. The van der Waals surface area contributed by atoms with Gasteiger partial charge in [-0.15, -0.1) is 0 Å². The van der Waals surface area contributed by atoms with Crippen LogP contribution in [0, 0.1) is 0 Å². The Bertz CT molecular complexity index is 1270. The van der Waals surface area contributed by atoms with Crippen molar-refractivity contribution >= 4 is 11.9 Å². The van der Waals surface area contributed by atoms with Crippen LogP contribution in [-0.2, 0) is 11.2 Å². The summed E-state index contributed by atoms with van der Waals surface area (Å²) in [5, 5.41) is 0. The fourth-order valence-corrected chi connectivity index (χ4v) is 4.30. The predicted molar refractivity (Wildman–Crippen MR) is 157 cm³/mol. The smallest absolute Gasteiger partial charge is 0.185 e. The Balaban J connectivity index is 1.25. The van der Waals surface area contributed by atoms with Gasteiger partial charge in [-0.1, -0.05) is 103 Å². The first kappa shape index (κ1) is 27.1. The molecular weight excluding hydrogens is 468 g/mol. The molecule has 0 aliphatic heterocycles. The Labute approximate surface area is 226 Å². The van der Waals surface area contributed by atoms with E-state index in [2.05, 4.69) is 72.8 Å². The number of methoxy groups -OCH3 is 1. The molecule has 0 aliphatic carbocycles. The SMILES string of the molecule is COCCCCCCOc1ccc(-c2ccc(Cc3ccc(/C=C/C(=O)c4ccccc4)cc3)cc2)cc1. The van der Waals surface area contributed by atoms with Crippen molar-refractivity contribution in [2.45, 2.75) is 32.1 Å². The van der Waals surface area contributed by atoms with Crippen LogP contribution >= 0.6 is 0 Å². The lowest BCUT2D eigenvalue weighted by Gasteiger charge is -2.08. The highest BCUT2D eigenvalue weighted by Gasteiger charge is 2.03. The number of benzene rings is 4. The van der Waals surface area contributed by atoms with E-state index in [4.69, 9.17) is 9.47 Å². The molecular formula is C35H36O3. The molecule has 0 atom stereocenters. The van der Waals surface area contributed by atoms with Crippen LogP contribution in [0.3, 0.4) is 0 Å². The van der Waals surface area contributed by atoms with Crippen LogP contribution in [0.2, 0.25) is 0 Å². The first-order chi connectivity index (χ1) is 18.7. The lowest BCUT2D eigenvalue weighted by atomic mass is 9.99. The summed E-state index contributed by atoms with van der Waals surface area (Å²) in [6, 6.07) is 34.8. The molecule has 0 amide bonds. The number of ketones is 1. The normalized spacial score (nSPS) is 11.1. The zero-order chi connectivity index (χ0) is 26.4. The minimum atomic E-state index is 0.0151. The molecule has 0 heterocycles. The molecule has 0 bridgehead atoms. The van der Waals surface area contributed by atoms with Crippen molar-refractivity contribution in [2.24, 2.45) is 0 Å². The van der Waals surface area contributed by atoms with Gasteiger partial charge in [0.1, 0.15) is 5.75 Å². The van der Waals surface area contributed by atoms with E-state index in [0.29, 0.717) is 5.56 Å². The molecule has 0 saturated heterocycles. The molecule has 0 unspecified atom stereocenters. The van der Waals surface area contributed by atoms with E-state index in [9.17, 15) is 4.79 Å². The number of carbonyl (C=O) groups excluding carboxylic acids is 1. The van der Waals surface area contributed by atoms with E-state index in [1.54, 1.807) is 13.2 Å². The van der Waals surface area contributed by atoms with Crippen molar-refractivity contribution in [1.29, 1.82) is 0 Å². The molecule has 3 nitrogen and oxygen atoms in total. The average molecular weight is 505 g/mol. The standard InChI is InChI=1S/C35H36O3/c1-37-25-7-2-3-8-26-38-34-22-20-32(21-23-34)31-18-15-30(16-19-31)27-29-13-11-28(12-14-29)17-24-35(36)33-9-5-4-6-10-33/h4-6,9-24H,2-3,7-8,25-27H2,1H3/b24-17+. The summed E-state index contributed by atoms with van der Waals surface area (Å²) >= 11 is 0. The van der Waals surface area contributed by atoms with Gasteiger partial charge in [0.05, 0.1) is 6.61 Å². The van der Waals surface area contributed by atoms with Crippen molar-refractivity contribution in [1.82, 2.24) is 0 Å². The van der Waals surface area contributed by atoms with Gasteiger partial charge in [-0.2, -0.15) is 0 Å². The molecule has 38 heavy (non-hydrogen) atoms. The van der Waals surface area contributed by atoms with Crippen LogP contribution in [0.15, 0.2) is 109 Å². The van der Waals surface area contributed by atoms with Gasteiger partial charge < -0.3 is 9.47 Å². The molecule has 0 aliphatic rings. The third-order valence-corrected chi connectivity index (χ3v) is 6.53. The minimum Gasteiger partial charge on any atom is -0.494 e. The molecule has 194 valence electrons. The van der Waals surface area contributed by atoms with Crippen LogP contribution in [0.25, 0.3) is 17.2 Å². The van der Waals surface area contributed by atoms with Crippen molar-refractivity contribution < 1.29 is 14.3 Å². The quantitative estimate of drug-likeness (QED) is 0.0982. The highest BCUT2D eigenvalue weighted by molar-refractivity contribution is 6.06. The van der Waals surface area contributed by atoms with Crippen molar-refractivity contribution in [2.75, 3.05) is 20.3 Å². The molecule has 0 aromatic heterocycles. The summed E-state index contributed by atoms with van der Waals surface area (Å²) in [7, 11) is 1.75. The van der Waals surface area contributed by atoms with Gasteiger partial charge in [-0.25, -0.2) is 0 Å². The van der Waals surface area contributed by atoms with E-state index < -0.39 is 0 Å². The third kappa shape index (κ3) is 8.57. The van der Waals surface area contributed by atoms with Gasteiger partial charge in [-0.05, 0) is 71.7 Å². The van der Waals surface area contributed by atoms with Crippen LogP contribution in [-0.4, -0.2) is 26.1 Å². The van der Waals surface area contributed by atoms with Crippen LogP contribution < -0.4 is 4.74 Å². The summed E-state index contributed by atoms with van der Waals surface area (Å²) < 4.78 is 11.0. The van der Waals surface area contributed by atoms with E-state index in [0.717, 1.165) is 43.8 Å². The Morgan fingerprint density at radius 1 is 0.658 bits per heavy atom.